The Morgan fingerprint density at radius 3 is 2.50 bits per heavy atom. The normalized spacial score (nSPS) is 22.1. The molecule has 108 valence electrons. The number of piperidine rings is 1. The van der Waals surface area contributed by atoms with Gasteiger partial charge in [0.05, 0.1) is 0 Å². The minimum atomic E-state index is -4.54. The Hall–Kier alpha value is -0.380. The SMILES string of the molecule is O=S(=O)(NCCC1CCCCN1)NCC(F)(F)F. The van der Waals surface area contributed by atoms with Crippen LogP contribution in [-0.4, -0.2) is 40.3 Å². The predicted molar refractivity (Wildman–Crippen MR) is 61.2 cm³/mol. The quantitative estimate of drug-likeness (QED) is 0.667. The highest BCUT2D eigenvalue weighted by atomic mass is 32.2. The van der Waals surface area contributed by atoms with Crippen molar-refractivity contribution in [3.05, 3.63) is 0 Å². The number of hydrogen-bond acceptors (Lipinski definition) is 3. The molecule has 0 aromatic rings. The van der Waals surface area contributed by atoms with Crippen LogP contribution in [0.15, 0.2) is 0 Å². The van der Waals surface area contributed by atoms with Crippen LogP contribution >= 0.6 is 0 Å². The van der Waals surface area contributed by atoms with Crippen LogP contribution in [0.4, 0.5) is 13.2 Å². The molecule has 1 aliphatic rings. The molecule has 0 amide bonds. The van der Waals surface area contributed by atoms with E-state index >= 15 is 0 Å². The summed E-state index contributed by atoms with van der Waals surface area (Å²) >= 11 is 0. The lowest BCUT2D eigenvalue weighted by Gasteiger charge is -2.23. The Kier molecular flexibility index (Phi) is 5.83. The van der Waals surface area contributed by atoms with E-state index in [9.17, 15) is 21.6 Å². The molecule has 9 heteroatoms. The molecule has 1 fully saturated rings. The number of halogens is 3. The summed E-state index contributed by atoms with van der Waals surface area (Å²) in [6.07, 6.45) is -0.795. The molecular formula is C9H18F3N3O2S. The van der Waals surface area contributed by atoms with Crippen molar-refractivity contribution < 1.29 is 21.6 Å². The lowest BCUT2D eigenvalue weighted by molar-refractivity contribution is -0.121. The summed E-state index contributed by atoms with van der Waals surface area (Å²) in [5.41, 5.74) is 0. The van der Waals surface area contributed by atoms with Crippen LogP contribution in [0.25, 0.3) is 0 Å². The van der Waals surface area contributed by atoms with Crippen LogP contribution in [-0.2, 0) is 10.2 Å². The second-order valence-corrected chi connectivity index (χ2v) is 5.85. The average Bonchev–Trinajstić information content (AvgIpc) is 2.27. The Morgan fingerprint density at radius 2 is 1.94 bits per heavy atom. The van der Waals surface area contributed by atoms with Gasteiger partial charge in [-0.2, -0.15) is 26.3 Å². The zero-order valence-electron chi connectivity index (χ0n) is 9.89. The van der Waals surface area contributed by atoms with Gasteiger partial charge < -0.3 is 5.32 Å². The second-order valence-electron chi connectivity index (χ2n) is 4.27. The second kappa shape index (κ2) is 6.69. The third-order valence-corrected chi connectivity index (χ3v) is 3.77. The lowest BCUT2D eigenvalue weighted by atomic mass is 10.0. The van der Waals surface area contributed by atoms with Gasteiger partial charge in [0.2, 0.25) is 0 Å². The first kappa shape index (κ1) is 15.7. The van der Waals surface area contributed by atoms with Crippen LogP contribution in [0.5, 0.6) is 0 Å². The van der Waals surface area contributed by atoms with E-state index in [1.165, 1.54) is 4.72 Å². The minimum absolute atomic E-state index is 0.130. The smallest absolute Gasteiger partial charge is 0.314 e. The van der Waals surface area contributed by atoms with Crippen LogP contribution in [0.3, 0.4) is 0 Å². The maximum absolute atomic E-state index is 11.8. The summed E-state index contributed by atoms with van der Waals surface area (Å²) in [4.78, 5) is 0. The van der Waals surface area contributed by atoms with E-state index in [1.54, 1.807) is 0 Å². The largest absolute Gasteiger partial charge is 0.402 e. The van der Waals surface area contributed by atoms with E-state index in [1.807, 2.05) is 0 Å². The van der Waals surface area contributed by atoms with E-state index in [2.05, 4.69) is 10.0 Å². The zero-order chi connectivity index (χ0) is 13.6. The molecule has 0 spiro atoms. The highest BCUT2D eigenvalue weighted by Crippen LogP contribution is 2.12. The van der Waals surface area contributed by atoms with Crippen LogP contribution in [0, 0.1) is 0 Å². The highest BCUT2D eigenvalue weighted by molar-refractivity contribution is 7.87. The summed E-state index contributed by atoms with van der Waals surface area (Å²) in [6.45, 7) is -0.515. The van der Waals surface area contributed by atoms with E-state index in [-0.39, 0.29) is 12.6 Å². The fraction of sp³-hybridized carbons (Fsp3) is 1.00. The fourth-order valence-corrected chi connectivity index (χ4v) is 2.61. The van der Waals surface area contributed by atoms with Gasteiger partial charge in [0.15, 0.2) is 0 Å². The van der Waals surface area contributed by atoms with Crippen molar-refractivity contribution in [3.8, 4) is 0 Å². The molecule has 18 heavy (non-hydrogen) atoms. The molecule has 1 rings (SSSR count). The van der Waals surface area contributed by atoms with Gasteiger partial charge in [-0.25, -0.2) is 4.72 Å². The summed E-state index contributed by atoms with van der Waals surface area (Å²) < 4.78 is 61.4. The molecule has 0 bridgehead atoms. The Bertz CT molecular complexity index is 339. The van der Waals surface area contributed by atoms with E-state index in [0.29, 0.717) is 6.42 Å². The van der Waals surface area contributed by atoms with Crippen molar-refractivity contribution in [1.29, 1.82) is 0 Å². The third-order valence-electron chi connectivity index (χ3n) is 2.66. The monoisotopic (exact) mass is 289 g/mol. The summed E-state index contributed by atoms with van der Waals surface area (Å²) in [5, 5.41) is 3.23. The molecule has 1 unspecified atom stereocenters. The molecule has 1 heterocycles. The number of hydrogen-bond donors (Lipinski definition) is 3. The molecule has 1 aliphatic heterocycles. The van der Waals surface area contributed by atoms with Gasteiger partial charge in [-0.3, -0.25) is 0 Å². The van der Waals surface area contributed by atoms with Gasteiger partial charge in [-0.05, 0) is 25.8 Å². The maximum Gasteiger partial charge on any atom is 0.402 e. The molecule has 0 radical (unpaired) electrons. The van der Waals surface area contributed by atoms with Crippen molar-refractivity contribution in [2.45, 2.75) is 37.9 Å². The summed E-state index contributed by atoms with van der Waals surface area (Å²) in [6, 6.07) is 0.240. The molecule has 5 nitrogen and oxygen atoms in total. The standard InChI is InChI=1S/C9H18F3N3O2S/c10-9(11,12)7-15-18(16,17)14-6-4-8-3-1-2-5-13-8/h8,13-15H,1-7H2. The maximum atomic E-state index is 11.8. The summed E-state index contributed by atoms with van der Waals surface area (Å²) in [7, 11) is -4.06. The van der Waals surface area contributed by atoms with Crippen LogP contribution in [0.2, 0.25) is 0 Å². The molecule has 3 N–H and O–H groups in total. The third kappa shape index (κ3) is 7.14. The van der Waals surface area contributed by atoms with Gasteiger partial charge >= 0.3 is 6.18 Å². The van der Waals surface area contributed by atoms with Crippen molar-refractivity contribution in [2.75, 3.05) is 19.6 Å². The van der Waals surface area contributed by atoms with Gasteiger partial charge in [0.25, 0.3) is 10.2 Å². The molecule has 0 aromatic carbocycles. The molecular weight excluding hydrogens is 271 g/mol. The van der Waals surface area contributed by atoms with Gasteiger partial charge in [0.1, 0.15) is 6.54 Å². The molecule has 1 atom stereocenters. The predicted octanol–water partition coefficient (Wildman–Crippen LogP) is 0.505. The first-order valence-corrected chi connectivity index (χ1v) is 7.31. The first-order valence-electron chi connectivity index (χ1n) is 5.83. The number of alkyl halides is 3. The van der Waals surface area contributed by atoms with Crippen molar-refractivity contribution in [1.82, 2.24) is 14.8 Å². The van der Waals surface area contributed by atoms with Crippen molar-refractivity contribution in [2.24, 2.45) is 0 Å². The molecule has 0 aliphatic carbocycles. The fourth-order valence-electron chi connectivity index (χ4n) is 1.77. The van der Waals surface area contributed by atoms with Gasteiger partial charge in [-0.15, -0.1) is 0 Å². The average molecular weight is 289 g/mol. The van der Waals surface area contributed by atoms with E-state index < -0.39 is 22.9 Å². The molecule has 0 saturated carbocycles. The Balaban J connectivity index is 2.20. The van der Waals surface area contributed by atoms with Crippen molar-refractivity contribution in [3.63, 3.8) is 0 Å². The van der Waals surface area contributed by atoms with E-state index in [4.69, 9.17) is 0 Å². The highest BCUT2D eigenvalue weighted by Gasteiger charge is 2.29. The Labute approximate surface area is 105 Å². The number of rotatable bonds is 6. The van der Waals surface area contributed by atoms with Crippen LogP contribution < -0.4 is 14.8 Å². The first-order chi connectivity index (χ1) is 8.29. The van der Waals surface area contributed by atoms with Gasteiger partial charge in [0, 0.05) is 12.6 Å². The van der Waals surface area contributed by atoms with E-state index in [0.717, 1.165) is 25.8 Å². The Morgan fingerprint density at radius 1 is 1.22 bits per heavy atom. The number of nitrogens with one attached hydrogen (secondary N) is 3. The van der Waals surface area contributed by atoms with Crippen LogP contribution in [0.1, 0.15) is 25.7 Å². The zero-order valence-corrected chi connectivity index (χ0v) is 10.7. The minimum Gasteiger partial charge on any atom is -0.314 e. The van der Waals surface area contributed by atoms with Crippen molar-refractivity contribution >= 4 is 10.2 Å². The molecule has 0 aromatic heterocycles. The summed E-state index contributed by atoms with van der Waals surface area (Å²) in [5.74, 6) is 0. The lowest BCUT2D eigenvalue weighted by Crippen LogP contribution is -2.43. The van der Waals surface area contributed by atoms with Gasteiger partial charge in [-0.1, -0.05) is 6.42 Å². The molecule has 1 saturated heterocycles. The topological polar surface area (TPSA) is 70.2 Å².